The van der Waals surface area contributed by atoms with Gasteiger partial charge < -0.3 is 15.3 Å². The number of nitrogens with zero attached hydrogens (tertiary/aromatic N) is 1. The molecule has 2 atom stereocenters. The summed E-state index contributed by atoms with van der Waals surface area (Å²) in [5.41, 5.74) is 0. The van der Waals surface area contributed by atoms with Gasteiger partial charge in [-0.05, 0) is 44.1 Å². The molecule has 1 saturated carbocycles. The summed E-state index contributed by atoms with van der Waals surface area (Å²) in [4.78, 5) is 2.71. The Morgan fingerprint density at radius 2 is 1.95 bits per heavy atom. The highest BCUT2D eigenvalue weighted by Crippen LogP contribution is 2.28. The van der Waals surface area contributed by atoms with Crippen LogP contribution < -0.4 is 5.32 Å². The number of rotatable bonds is 7. The smallest absolute Gasteiger partial charge is 0.0443 e. The van der Waals surface area contributed by atoms with Crippen molar-refractivity contribution in [2.75, 3.05) is 32.8 Å². The minimum atomic E-state index is 0.308. The molecule has 0 spiro atoms. The van der Waals surface area contributed by atoms with Crippen LogP contribution in [0, 0.1) is 11.8 Å². The van der Waals surface area contributed by atoms with Gasteiger partial charge in [-0.1, -0.05) is 26.2 Å². The summed E-state index contributed by atoms with van der Waals surface area (Å²) in [5.74, 6) is 1.83. The van der Waals surface area contributed by atoms with E-state index in [0.29, 0.717) is 12.6 Å². The van der Waals surface area contributed by atoms with Crippen molar-refractivity contribution in [1.29, 1.82) is 0 Å². The lowest BCUT2D eigenvalue weighted by molar-refractivity contribution is 0.120. The molecule has 2 N–H and O–H groups in total. The van der Waals surface area contributed by atoms with Crippen molar-refractivity contribution in [3.05, 3.63) is 0 Å². The second-order valence-electron chi connectivity index (χ2n) is 6.61. The van der Waals surface area contributed by atoms with Crippen molar-refractivity contribution in [2.24, 2.45) is 11.8 Å². The zero-order valence-corrected chi connectivity index (χ0v) is 12.6. The Bertz CT molecular complexity index is 241. The van der Waals surface area contributed by atoms with Crippen molar-refractivity contribution in [2.45, 2.75) is 57.9 Å². The fraction of sp³-hybridized carbons (Fsp3) is 1.00. The number of hydrogen-bond acceptors (Lipinski definition) is 3. The molecule has 19 heavy (non-hydrogen) atoms. The Kier molecular flexibility index (Phi) is 6.62. The molecule has 0 amide bonds. The van der Waals surface area contributed by atoms with E-state index >= 15 is 0 Å². The van der Waals surface area contributed by atoms with Gasteiger partial charge in [-0.3, -0.25) is 0 Å². The molecule has 2 aliphatic rings. The number of likely N-dealkylation sites (tertiary alicyclic amines) is 1. The number of aliphatic hydroxyl groups is 1. The zero-order valence-electron chi connectivity index (χ0n) is 12.6. The highest BCUT2D eigenvalue weighted by molar-refractivity contribution is 4.84. The molecular weight excluding hydrogens is 236 g/mol. The summed E-state index contributed by atoms with van der Waals surface area (Å²) in [6, 6.07) is 0.645. The maximum atomic E-state index is 8.89. The molecule has 2 rings (SSSR count). The second kappa shape index (κ2) is 8.23. The lowest BCUT2D eigenvalue weighted by Gasteiger charge is -2.39. The Balaban J connectivity index is 1.77. The van der Waals surface area contributed by atoms with Gasteiger partial charge in [0.05, 0.1) is 0 Å². The molecular formula is C16H32N2O. The molecule has 1 saturated heterocycles. The average molecular weight is 268 g/mol. The lowest BCUT2D eigenvalue weighted by atomic mass is 9.91. The van der Waals surface area contributed by atoms with Crippen LogP contribution in [0.5, 0.6) is 0 Å². The van der Waals surface area contributed by atoms with Crippen molar-refractivity contribution in [3.63, 3.8) is 0 Å². The van der Waals surface area contributed by atoms with E-state index in [1.54, 1.807) is 0 Å². The van der Waals surface area contributed by atoms with Crippen molar-refractivity contribution < 1.29 is 5.11 Å². The van der Waals surface area contributed by atoms with Crippen LogP contribution >= 0.6 is 0 Å². The standard InChI is InChI=1S/C16H32N2O/c1-2-14-10-16(17-8-5-9-19)13-18(11-14)12-15-6-3-4-7-15/h14-17,19H,2-13H2,1H3. The molecule has 112 valence electrons. The lowest BCUT2D eigenvalue weighted by Crippen LogP contribution is -2.50. The van der Waals surface area contributed by atoms with E-state index in [1.165, 1.54) is 58.2 Å². The normalized spacial score (nSPS) is 30.0. The molecule has 0 aromatic heterocycles. The molecule has 1 heterocycles. The maximum absolute atomic E-state index is 8.89. The highest BCUT2D eigenvalue weighted by atomic mass is 16.3. The van der Waals surface area contributed by atoms with E-state index < -0.39 is 0 Å². The Hall–Kier alpha value is -0.120. The molecule has 1 aliphatic carbocycles. The molecule has 0 aromatic rings. The first-order chi connectivity index (χ1) is 9.31. The monoisotopic (exact) mass is 268 g/mol. The molecule has 0 radical (unpaired) electrons. The summed E-state index contributed by atoms with van der Waals surface area (Å²) in [6.45, 7) is 7.46. The quantitative estimate of drug-likeness (QED) is 0.695. The Labute approximate surface area is 118 Å². The van der Waals surface area contributed by atoms with Gasteiger partial charge >= 0.3 is 0 Å². The predicted molar refractivity (Wildman–Crippen MR) is 80.3 cm³/mol. The van der Waals surface area contributed by atoms with E-state index in [1.807, 2.05) is 0 Å². The van der Waals surface area contributed by atoms with E-state index in [-0.39, 0.29) is 0 Å². The van der Waals surface area contributed by atoms with Gasteiger partial charge in [-0.15, -0.1) is 0 Å². The predicted octanol–water partition coefficient (Wildman–Crippen LogP) is 2.25. The molecule has 0 bridgehead atoms. The first-order valence-corrected chi connectivity index (χ1v) is 8.38. The van der Waals surface area contributed by atoms with E-state index in [4.69, 9.17) is 5.11 Å². The van der Waals surface area contributed by atoms with Gasteiger partial charge in [0, 0.05) is 32.3 Å². The van der Waals surface area contributed by atoms with Crippen molar-refractivity contribution in [1.82, 2.24) is 10.2 Å². The highest BCUT2D eigenvalue weighted by Gasteiger charge is 2.28. The summed E-state index contributed by atoms with van der Waals surface area (Å²) in [7, 11) is 0. The van der Waals surface area contributed by atoms with Gasteiger partial charge in [0.15, 0.2) is 0 Å². The van der Waals surface area contributed by atoms with E-state index in [2.05, 4.69) is 17.1 Å². The zero-order chi connectivity index (χ0) is 13.5. The average Bonchev–Trinajstić information content (AvgIpc) is 2.91. The molecule has 3 nitrogen and oxygen atoms in total. The van der Waals surface area contributed by atoms with Gasteiger partial charge in [-0.25, -0.2) is 0 Å². The minimum absolute atomic E-state index is 0.308. The van der Waals surface area contributed by atoms with E-state index in [0.717, 1.165) is 24.8 Å². The summed E-state index contributed by atoms with van der Waals surface area (Å²) in [6.07, 6.45) is 9.33. The second-order valence-corrected chi connectivity index (χ2v) is 6.61. The Morgan fingerprint density at radius 1 is 1.16 bits per heavy atom. The summed E-state index contributed by atoms with van der Waals surface area (Å²) < 4.78 is 0. The maximum Gasteiger partial charge on any atom is 0.0443 e. The Morgan fingerprint density at radius 3 is 2.63 bits per heavy atom. The largest absolute Gasteiger partial charge is 0.396 e. The third-order valence-corrected chi connectivity index (χ3v) is 4.95. The van der Waals surface area contributed by atoms with Gasteiger partial charge in [0.1, 0.15) is 0 Å². The molecule has 2 unspecified atom stereocenters. The van der Waals surface area contributed by atoms with Crippen LogP contribution in [0.4, 0.5) is 0 Å². The molecule has 0 aromatic carbocycles. The summed E-state index contributed by atoms with van der Waals surface area (Å²) >= 11 is 0. The number of piperidine rings is 1. The topological polar surface area (TPSA) is 35.5 Å². The van der Waals surface area contributed by atoms with Gasteiger partial charge in [0.2, 0.25) is 0 Å². The van der Waals surface area contributed by atoms with Crippen LogP contribution in [0.1, 0.15) is 51.9 Å². The summed E-state index contributed by atoms with van der Waals surface area (Å²) in [5, 5.41) is 12.5. The van der Waals surface area contributed by atoms with Crippen LogP contribution in [-0.2, 0) is 0 Å². The van der Waals surface area contributed by atoms with Crippen LogP contribution in [0.25, 0.3) is 0 Å². The number of nitrogens with one attached hydrogen (secondary N) is 1. The first-order valence-electron chi connectivity index (χ1n) is 8.38. The third kappa shape index (κ3) is 5.05. The minimum Gasteiger partial charge on any atom is -0.396 e. The first kappa shape index (κ1) is 15.3. The van der Waals surface area contributed by atoms with Crippen molar-refractivity contribution >= 4 is 0 Å². The fourth-order valence-corrected chi connectivity index (χ4v) is 3.84. The van der Waals surface area contributed by atoms with Crippen molar-refractivity contribution in [3.8, 4) is 0 Å². The van der Waals surface area contributed by atoms with Crippen LogP contribution in [0.15, 0.2) is 0 Å². The number of hydrogen-bond donors (Lipinski definition) is 2. The molecule has 2 fully saturated rings. The molecule has 3 heteroatoms. The van der Waals surface area contributed by atoms with Crippen LogP contribution in [0.3, 0.4) is 0 Å². The van der Waals surface area contributed by atoms with Crippen LogP contribution in [0.2, 0.25) is 0 Å². The number of aliphatic hydroxyl groups excluding tert-OH is 1. The van der Waals surface area contributed by atoms with E-state index in [9.17, 15) is 0 Å². The third-order valence-electron chi connectivity index (χ3n) is 4.95. The SMILES string of the molecule is CCC1CC(NCCCO)CN(CC2CCCC2)C1. The van der Waals surface area contributed by atoms with Crippen LogP contribution in [-0.4, -0.2) is 48.8 Å². The molecule has 1 aliphatic heterocycles. The van der Waals surface area contributed by atoms with Gasteiger partial charge in [0.25, 0.3) is 0 Å². The fourth-order valence-electron chi connectivity index (χ4n) is 3.84. The van der Waals surface area contributed by atoms with Gasteiger partial charge in [-0.2, -0.15) is 0 Å².